The van der Waals surface area contributed by atoms with Crippen molar-refractivity contribution in [1.29, 1.82) is 0 Å². The number of carbonyl (C=O) groups is 2. The van der Waals surface area contributed by atoms with Crippen LogP contribution in [-0.2, 0) is 16.6 Å². The molecule has 1 aromatic heterocycles. The number of hydrogen-bond acceptors (Lipinski definition) is 7. The minimum Gasteiger partial charge on any atom is -0.378 e. The van der Waals surface area contributed by atoms with E-state index >= 15 is 0 Å². The molecule has 10 heteroatoms. The molecule has 0 aliphatic carbocycles. The number of nitrogens with one attached hydrogen (secondary N) is 2. The molecule has 1 fully saturated rings. The summed E-state index contributed by atoms with van der Waals surface area (Å²) in [6, 6.07) is 14.6. The number of thioether (sulfide) groups is 1. The van der Waals surface area contributed by atoms with Crippen LogP contribution in [0.25, 0.3) is 0 Å². The smallest absolute Gasteiger partial charge is 0.255 e. The van der Waals surface area contributed by atoms with Crippen molar-refractivity contribution in [3.8, 4) is 0 Å². The van der Waals surface area contributed by atoms with Gasteiger partial charge in [0.25, 0.3) is 5.91 Å². The number of anilines is 3. The molecular weight excluding hydrogens is 428 g/mol. The van der Waals surface area contributed by atoms with Crippen LogP contribution in [0.5, 0.6) is 0 Å². The summed E-state index contributed by atoms with van der Waals surface area (Å²) in [6.45, 7) is 3.20. The molecule has 0 unspecified atom stereocenters. The lowest BCUT2D eigenvalue weighted by Crippen LogP contribution is -2.36. The summed E-state index contributed by atoms with van der Waals surface area (Å²) >= 11 is 1.30. The summed E-state index contributed by atoms with van der Waals surface area (Å²) in [4.78, 5) is 27.0. The first-order valence-electron chi connectivity index (χ1n) is 10.2. The summed E-state index contributed by atoms with van der Waals surface area (Å²) < 4.78 is 7.13. The van der Waals surface area contributed by atoms with E-state index in [4.69, 9.17) is 4.74 Å². The minimum atomic E-state index is -0.208. The van der Waals surface area contributed by atoms with Crippen molar-refractivity contribution in [2.75, 3.05) is 47.6 Å². The van der Waals surface area contributed by atoms with Crippen LogP contribution in [0.3, 0.4) is 0 Å². The Morgan fingerprint density at radius 3 is 2.31 bits per heavy atom. The van der Waals surface area contributed by atoms with E-state index < -0.39 is 0 Å². The van der Waals surface area contributed by atoms with Crippen molar-refractivity contribution in [1.82, 2.24) is 14.8 Å². The molecule has 1 aliphatic heterocycles. The third-order valence-electron chi connectivity index (χ3n) is 4.93. The second kappa shape index (κ2) is 10.3. The van der Waals surface area contributed by atoms with Gasteiger partial charge in [-0.1, -0.05) is 11.8 Å². The minimum absolute atomic E-state index is 0.157. The molecule has 0 spiro atoms. The van der Waals surface area contributed by atoms with Gasteiger partial charge in [0.15, 0.2) is 5.16 Å². The molecule has 0 saturated carbocycles. The lowest BCUT2D eigenvalue weighted by molar-refractivity contribution is -0.113. The molecule has 32 heavy (non-hydrogen) atoms. The Kier molecular flexibility index (Phi) is 7.03. The van der Waals surface area contributed by atoms with Gasteiger partial charge in [0, 0.05) is 42.8 Å². The van der Waals surface area contributed by atoms with Crippen molar-refractivity contribution < 1.29 is 14.3 Å². The third-order valence-corrected chi connectivity index (χ3v) is 5.97. The first-order valence-corrected chi connectivity index (χ1v) is 11.2. The molecule has 0 radical (unpaired) electrons. The van der Waals surface area contributed by atoms with E-state index in [0.29, 0.717) is 16.4 Å². The molecule has 1 saturated heterocycles. The molecule has 1 aliphatic rings. The van der Waals surface area contributed by atoms with Crippen LogP contribution in [0.1, 0.15) is 10.4 Å². The van der Waals surface area contributed by atoms with Gasteiger partial charge in [-0.15, -0.1) is 10.2 Å². The SMILES string of the molecule is Cn1cnnc1SCC(=O)Nc1ccc(C(=O)Nc2ccc(N3CCOCC3)cc2)cc1. The summed E-state index contributed by atoms with van der Waals surface area (Å²) in [7, 11) is 1.82. The van der Waals surface area contributed by atoms with Crippen LogP contribution in [0.2, 0.25) is 0 Å². The Labute approximate surface area is 190 Å². The number of rotatable bonds is 7. The van der Waals surface area contributed by atoms with E-state index in [0.717, 1.165) is 37.7 Å². The van der Waals surface area contributed by atoms with Crippen molar-refractivity contribution in [3.05, 3.63) is 60.4 Å². The van der Waals surface area contributed by atoms with Gasteiger partial charge in [-0.3, -0.25) is 9.59 Å². The molecular formula is C22H24N6O3S. The zero-order valence-corrected chi connectivity index (χ0v) is 18.5. The number of carbonyl (C=O) groups excluding carboxylic acids is 2. The number of aromatic nitrogens is 3. The summed E-state index contributed by atoms with van der Waals surface area (Å²) in [5.41, 5.74) is 2.97. The molecule has 0 bridgehead atoms. The molecule has 2 N–H and O–H groups in total. The number of nitrogens with zero attached hydrogens (tertiary/aromatic N) is 4. The standard InChI is InChI=1S/C22H24N6O3S/c1-27-15-23-26-22(27)32-14-20(29)24-17-4-2-16(3-5-17)21(30)25-18-6-8-19(9-7-18)28-10-12-31-13-11-28/h2-9,15H,10-14H2,1H3,(H,24,29)(H,25,30). The van der Waals surface area contributed by atoms with Crippen molar-refractivity contribution in [3.63, 3.8) is 0 Å². The molecule has 2 heterocycles. The number of ether oxygens (including phenoxy) is 1. The summed E-state index contributed by atoms with van der Waals surface area (Å²) in [5.74, 6) is -0.148. The maximum Gasteiger partial charge on any atom is 0.255 e. The van der Waals surface area contributed by atoms with E-state index in [2.05, 4.69) is 25.7 Å². The van der Waals surface area contributed by atoms with E-state index in [-0.39, 0.29) is 17.6 Å². The second-order valence-electron chi connectivity index (χ2n) is 7.24. The fraction of sp³-hybridized carbons (Fsp3) is 0.273. The van der Waals surface area contributed by atoms with E-state index in [1.807, 2.05) is 31.3 Å². The van der Waals surface area contributed by atoms with Gasteiger partial charge in [0.2, 0.25) is 5.91 Å². The highest BCUT2D eigenvalue weighted by Crippen LogP contribution is 2.20. The van der Waals surface area contributed by atoms with Crippen LogP contribution in [0.15, 0.2) is 60.0 Å². The molecule has 3 aromatic rings. The average molecular weight is 453 g/mol. The third kappa shape index (κ3) is 5.65. The predicted molar refractivity (Wildman–Crippen MR) is 124 cm³/mol. The maximum absolute atomic E-state index is 12.6. The molecule has 4 rings (SSSR count). The van der Waals surface area contributed by atoms with Crippen LogP contribution in [0.4, 0.5) is 17.1 Å². The van der Waals surface area contributed by atoms with Gasteiger partial charge < -0.3 is 24.8 Å². The Bertz CT molecular complexity index is 1060. The zero-order valence-electron chi connectivity index (χ0n) is 17.7. The topological polar surface area (TPSA) is 101 Å². The van der Waals surface area contributed by atoms with E-state index in [1.165, 1.54) is 11.8 Å². The average Bonchev–Trinajstić information content (AvgIpc) is 3.24. The molecule has 2 amide bonds. The maximum atomic E-state index is 12.6. The summed E-state index contributed by atoms with van der Waals surface area (Å²) in [6.07, 6.45) is 1.59. The fourth-order valence-corrected chi connectivity index (χ4v) is 3.90. The van der Waals surface area contributed by atoms with Gasteiger partial charge in [0.1, 0.15) is 6.33 Å². The van der Waals surface area contributed by atoms with Gasteiger partial charge in [-0.2, -0.15) is 0 Å². The van der Waals surface area contributed by atoms with Crippen LogP contribution >= 0.6 is 11.8 Å². The summed E-state index contributed by atoms with van der Waals surface area (Å²) in [5, 5.41) is 14.1. The Hall–Kier alpha value is -3.37. The number of aryl methyl sites for hydroxylation is 1. The van der Waals surface area contributed by atoms with Crippen molar-refractivity contribution >= 4 is 40.6 Å². The first kappa shape index (κ1) is 21.8. The number of hydrogen-bond donors (Lipinski definition) is 2. The Morgan fingerprint density at radius 1 is 1.00 bits per heavy atom. The molecule has 166 valence electrons. The van der Waals surface area contributed by atoms with E-state index in [1.54, 1.807) is 35.2 Å². The predicted octanol–water partition coefficient (Wildman–Crippen LogP) is 2.63. The van der Waals surface area contributed by atoms with Crippen LogP contribution < -0.4 is 15.5 Å². The van der Waals surface area contributed by atoms with Crippen LogP contribution in [-0.4, -0.2) is 58.6 Å². The lowest BCUT2D eigenvalue weighted by Gasteiger charge is -2.28. The number of morpholine rings is 1. The Morgan fingerprint density at radius 2 is 1.66 bits per heavy atom. The van der Waals surface area contributed by atoms with Gasteiger partial charge in [-0.25, -0.2) is 0 Å². The highest BCUT2D eigenvalue weighted by atomic mass is 32.2. The van der Waals surface area contributed by atoms with Crippen molar-refractivity contribution in [2.24, 2.45) is 7.05 Å². The van der Waals surface area contributed by atoms with Gasteiger partial charge in [0.05, 0.1) is 19.0 Å². The highest BCUT2D eigenvalue weighted by molar-refractivity contribution is 7.99. The van der Waals surface area contributed by atoms with Crippen LogP contribution in [0, 0.1) is 0 Å². The monoisotopic (exact) mass is 452 g/mol. The molecule has 9 nitrogen and oxygen atoms in total. The van der Waals surface area contributed by atoms with Gasteiger partial charge in [-0.05, 0) is 48.5 Å². The number of benzene rings is 2. The van der Waals surface area contributed by atoms with Crippen molar-refractivity contribution in [2.45, 2.75) is 5.16 Å². The van der Waals surface area contributed by atoms with Gasteiger partial charge >= 0.3 is 0 Å². The fourth-order valence-electron chi connectivity index (χ4n) is 3.22. The lowest BCUT2D eigenvalue weighted by atomic mass is 10.2. The molecule has 0 atom stereocenters. The first-order chi connectivity index (χ1) is 15.6. The molecule has 2 aromatic carbocycles. The van der Waals surface area contributed by atoms with E-state index in [9.17, 15) is 9.59 Å². The quantitative estimate of drug-likeness (QED) is 0.532. The zero-order chi connectivity index (χ0) is 22.3. The highest BCUT2D eigenvalue weighted by Gasteiger charge is 2.12. The Balaban J connectivity index is 1.28. The second-order valence-corrected chi connectivity index (χ2v) is 8.18. The number of amides is 2. The normalized spacial score (nSPS) is 13.6. The largest absolute Gasteiger partial charge is 0.378 e.